The van der Waals surface area contributed by atoms with Gasteiger partial charge in [0.1, 0.15) is 0 Å². The second-order valence-electron chi connectivity index (χ2n) is 5.61. The molecule has 0 aliphatic rings. The van der Waals surface area contributed by atoms with Gasteiger partial charge < -0.3 is 4.57 Å². The molecule has 0 fully saturated rings. The molecule has 0 spiro atoms. The highest BCUT2D eigenvalue weighted by atomic mass is 35.5. The van der Waals surface area contributed by atoms with E-state index in [1.54, 1.807) is 54.7 Å². The molecule has 3 nitrogen and oxygen atoms in total. The van der Waals surface area contributed by atoms with Gasteiger partial charge in [-0.25, -0.2) is 4.98 Å². The molecule has 0 saturated heterocycles. The highest BCUT2D eigenvalue weighted by molar-refractivity contribution is 6.35. The Morgan fingerprint density at radius 3 is 2.60 bits per heavy atom. The summed E-state index contributed by atoms with van der Waals surface area (Å²) in [6.07, 6.45) is -2.95. The Morgan fingerprint density at radius 2 is 1.80 bits per heavy atom. The number of pyridine rings is 1. The zero-order chi connectivity index (χ0) is 17.6. The Hall–Kier alpha value is -2.60. The fraction of sp³-hybridized carbons (Fsp3) is 0.111. The highest BCUT2D eigenvalue weighted by Gasteiger charge is 2.37. The van der Waals surface area contributed by atoms with Crippen LogP contribution in [0.15, 0.2) is 54.7 Å². The number of benzene rings is 2. The van der Waals surface area contributed by atoms with Crippen molar-refractivity contribution in [1.82, 2.24) is 14.5 Å². The van der Waals surface area contributed by atoms with Gasteiger partial charge >= 0.3 is 6.18 Å². The van der Waals surface area contributed by atoms with Gasteiger partial charge in [0.15, 0.2) is 0 Å². The van der Waals surface area contributed by atoms with E-state index in [9.17, 15) is 13.2 Å². The normalized spacial score (nSPS) is 12.2. The van der Waals surface area contributed by atoms with Crippen LogP contribution in [0.2, 0.25) is 5.02 Å². The van der Waals surface area contributed by atoms with Crippen LogP contribution >= 0.6 is 11.6 Å². The SMILES string of the molecule is FC(F)(F)c1nc2ccccc2n1Cc1ccc(Cl)c2cccnc12. The summed E-state index contributed by atoms with van der Waals surface area (Å²) in [7, 11) is 0. The third-order valence-electron chi connectivity index (χ3n) is 4.04. The Bertz CT molecular complexity index is 1090. The van der Waals surface area contributed by atoms with Crippen molar-refractivity contribution in [1.29, 1.82) is 0 Å². The fourth-order valence-electron chi connectivity index (χ4n) is 2.95. The molecule has 0 aliphatic carbocycles. The van der Waals surface area contributed by atoms with Crippen LogP contribution in [-0.2, 0) is 12.7 Å². The van der Waals surface area contributed by atoms with E-state index in [0.717, 1.165) is 0 Å². The van der Waals surface area contributed by atoms with Gasteiger partial charge in [-0.2, -0.15) is 13.2 Å². The van der Waals surface area contributed by atoms with Crippen molar-refractivity contribution < 1.29 is 13.2 Å². The first kappa shape index (κ1) is 15.9. The van der Waals surface area contributed by atoms with E-state index in [2.05, 4.69) is 9.97 Å². The van der Waals surface area contributed by atoms with Crippen molar-refractivity contribution in [2.24, 2.45) is 0 Å². The standard InChI is InChI=1S/C18H11ClF3N3/c19-13-8-7-11(16-12(13)4-3-9-23-16)10-25-15-6-2-1-5-14(15)24-17(25)18(20,21)22/h1-9H,10H2. The maximum Gasteiger partial charge on any atom is 0.449 e. The summed E-state index contributed by atoms with van der Waals surface area (Å²) in [5, 5.41) is 1.22. The number of rotatable bonds is 2. The summed E-state index contributed by atoms with van der Waals surface area (Å²) in [5.41, 5.74) is 1.96. The van der Waals surface area contributed by atoms with Crippen LogP contribution in [0.4, 0.5) is 13.2 Å². The lowest BCUT2D eigenvalue weighted by atomic mass is 10.1. The Morgan fingerprint density at radius 1 is 1.00 bits per heavy atom. The molecular weight excluding hydrogens is 351 g/mol. The number of hydrogen-bond acceptors (Lipinski definition) is 2. The number of imidazole rings is 1. The average molecular weight is 362 g/mol. The van der Waals surface area contributed by atoms with E-state index in [1.807, 2.05) is 0 Å². The zero-order valence-electron chi connectivity index (χ0n) is 12.8. The van der Waals surface area contributed by atoms with Crippen LogP contribution in [-0.4, -0.2) is 14.5 Å². The molecule has 4 rings (SSSR count). The first-order valence-electron chi connectivity index (χ1n) is 7.50. The van der Waals surface area contributed by atoms with Crippen molar-refractivity contribution in [3.05, 3.63) is 71.1 Å². The van der Waals surface area contributed by atoms with Gasteiger partial charge in [-0.1, -0.05) is 29.8 Å². The summed E-state index contributed by atoms with van der Waals surface area (Å²) in [6, 6.07) is 13.5. The van der Waals surface area contributed by atoms with Crippen molar-refractivity contribution >= 4 is 33.5 Å². The highest BCUT2D eigenvalue weighted by Crippen LogP contribution is 2.33. The Balaban J connectivity index is 1.94. The minimum absolute atomic E-state index is 0.0000386. The van der Waals surface area contributed by atoms with Gasteiger partial charge in [0.2, 0.25) is 5.82 Å². The lowest BCUT2D eigenvalue weighted by molar-refractivity contribution is -0.146. The molecule has 0 radical (unpaired) electrons. The monoisotopic (exact) mass is 361 g/mol. The summed E-state index contributed by atoms with van der Waals surface area (Å²) in [4.78, 5) is 8.06. The van der Waals surface area contributed by atoms with Gasteiger partial charge in [0.05, 0.1) is 23.1 Å². The second kappa shape index (κ2) is 5.74. The molecule has 0 unspecified atom stereocenters. The third kappa shape index (κ3) is 2.72. The Labute approximate surface area is 145 Å². The number of para-hydroxylation sites is 2. The van der Waals surface area contributed by atoms with Crippen molar-refractivity contribution in [3.63, 3.8) is 0 Å². The summed E-state index contributed by atoms with van der Waals surface area (Å²) in [5.74, 6) is -0.923. The minimum atomic E-state index is -4.55. The quantitative estimate of drug-likeness (QED) is 0.484. The summed E-state index contributed by atoms with van der Waals surface area (Å²) in [6.45, 7) is 0.0000386. The molecule has 0 bridgehead atoms. The van der Waals surface area contributed by atoms with Crippen LogP contribution < -0.4 is 0 Å². The predicted octanol–water partition coefficient (Wildman–Crippen LogP) is 5.31. The maximum absolute atomic E-state index is 13.4. The summed E-state index contributed by atoms with van der Waals surface area (Å²) < 4.78 is 41.5. The largest absolute Gasteiger partial charge is 0.449 e. The van der Waals surface area contributed by atoms with Crippen LogP contribution in [0.1, 0.15) is 11.4 Å². The van der Waals surface area contributed by atoms with E-state index in [4.69, 9.17) is 11.6 Å². The molecular formula is C18H11ClF3N3. The summed E-state index contributed by atoms with van der Waals surface area (Å²) >= 11 is 6.17. The van der Waals surface area contributed by atoms with Gasteiger partial charge in [-0.3, -0.25) is 4.98 Å². The van der Waals surface area contributed by atoms with Crippen LogP contribution in [0.3, 0.4) is 0 Å². The van der Waals surface area contributed by atoms with E-state index >= 15 is 0 Å². The molecule has 2 heterocycles. The maximum atomic E-state index is 13.4. The predicted molar refractivity (Wildman–Crippen MR) is 90.6 cm³/mol. The van der Waals surface area contributed by atoms with E-state index < -0.39 is 12.0 Å². The Kier molecular flexibility index (Phi) is 3.65. The van der Waals surface area contributed by atoms with Gasteiger partial charge in [-0.15, -0.1) is 0 Å². The molecule has 0 atom stereocenters. The van der Waals surface area contributed by atoms with Gasteiger partial charge in [0, 0.05) is 16.6 Å². The number of alkyl halides is 3. The molecule has 0 amide bonds. The van der Waals surface area contributed by atoms with Gasteiger partial charge in [-0.05, 0) is 35.9 Å². The first-order valence-corrected chi connectivity index (χ1v) is 7.87. The van der Waals surface area contributed by atoms with E-state index in [0.29, 0.717) is 32.5 Å². The fourth-order valence-corrected chi connectivity index (χ4v) is 3.16. The van der Waals surface area contributed by atoms with E-state index in [-0.39, 0.29) is 6.54 Å². The molecule has 0 saturated carbocycles. The molecule has 2 aromatic carbocycles. The average Bonchev–Trinajstić information content (AvgIpc) is 2.97. The first-order chi connectivity index (χ1) is 11.9. The van der Waals surface area contributed by atoms with Gasteiger partial charge in [0.25, 0.3) is 0 Å². The zero-order valence-corrected chi connectivity index (χ0v) is 13.5. The third-order valence-corrected chi connectivity index (χ3v) is 4.37. The smallest absolute Gasteiger partial charge is 0.316 e. The van der Waals surface area contributed by atoms with Crippen LogP contribution in [0.25, 0.3) is 21.9 Å². The van der Waals surface area contributed by atoms with E-state index in [1.165, 1.54) is 4.57 Å². The number of hydrogen-bond donors (Lipinski definition) is 0. The lowest BCUT2D eigenvalue weighted by Gasteiger charge is -2.13. The number of nitrogens with zero attached hydrogens (tertiary/aromatic N) is 3. The minimum Gasteiger partial charge on any atom is -0.316 e. The van der Waals surface area contributed by atoms with Crippen LogP contribution in [0.5, 0.6) is 0 Å². The molecule has 7 heteroatoms. The van der Waals surface area contributed by atoms with Crippen LogP contribution in [0, 0.1) is 0 Å². The van der Waals surface area contributed by atoms with Crippen molar-refractivity contribution in [2.75, 3.05) is 0 Å². The molecule has 0 N–H and O–H groups in total. The molecule has 25 heavy (non-hydrogen) atoms. The lowest BCUT2D eigenvalue weighted by Crippen LogP contribution is -2.15. The van der Waals surface area contributed by atoms with Crippen molar-refractivity contribution in [2.45, 2.75) is 12.7 Å². The van der Waals surface area contributed by atoms with Crippen molar-refractivity contribution in [3.8, 4) is 0 Å². The molecule has 0 aliphatic heterocycles. The molecule has 4 aromatic rings. The molecule has 126 valence electrons. The number of aromatic nitrogens is 3. The number of halogens is 4. The number of fused-ring (bicyclic) bond motifs is 2. The second-order valence-corrected chi connectivity index (χ2v) is 6.02. The molecule has 2 aromatic heterocycles. The topological polar surface area (TPSA) is 30.7 Å².